The molecule has 1 aliphatic rings. The summed E-state index contributed by atoms with van der Waals surface area (Å²) in [6.07, 6.45) is 0. The molecule has 1 aromatic rings. The Balaban J connectivity index is 1.78. The lowest BCUT2D eigenvalue weighted by Gasteiger charge is -2.33. The van der Waals surface area contributed by atoms with Crippen LogP contribution >= 0.6 is 0 Å². The number of anilines is 1. The molecule has 0 saturated carbocycles. The van der Waals surface area contributed by atoms with E-state index in [1.54, 1.807) is 0 Å². The van der Waals surface area contributed by atoms with Crippen molar-refractivity contribution in [2.75, 3.05) is 51.2 Å². The first-order valence-electron chi connectivity index (χ1n) is 6.97. The minimum Gasteiger partial charge on any atom is -0.395 e. The predicted molar refractivity (Wildman–Crippen MR) is 76.7 cm³/mol. The Bertz CT molecular complexity index is 432. The number of β-amino-alcohol motifs (C(OH)–C–C–N with tert-alkyl or cyclic N) is 1. The molecule has 3 N–H and O–H groups in total. The molecule has 0 atom stereocenters. The van der Waals surface area contributed by atoms with Crippen LogP contribution in [0, 0.1) is 13.8 Å². The van der Waals surface area contributed by atoms with Gasteiger partial charge in [-0.2, -0.15) is 5.10 Å². The zero-order chi connectivity index (χ0) is 14.5. The molecule has 0 spiro atoms. The van der Waals surface area contributed by atoms with Gasteiger partial charge in [-0.05, 0) is 13.8 Å². The van der Waals surface area contributed by atoms with Gasteiger partial charge in [0.25, 0.3) is 0 Å². The topological polar surface area (TPSA) is 84.5 Å². The maximum atomic E-state index is 12.0. The number of amides is 1. The number of hydrogen-bond acceptors (Lipinski definition) is 5. The first-order valence-corrected chi connectivity index (χ1v) is 6.97. The summed E-state index contributed by atoms with van der Waals surface area (Å²) in [5.41, 5.74) is 2.47. The second-order valence-corrected chi connectivity index (χ2v) is 5.20. The summed E-state index contributed by atoms with van der Waals surface area (Å²) < 4.78 is 0. The molecule has 0 unspecified atom stereocenters. The summed E-state index contributed by atoms with van der Waals surface area (Å²) in [7, 11) is 0. The van der Waals surface area contributed by atoms with Crippen LogP contribution in [0.1, 0.15) is 11.4 Å². The van der Waals surface area contributed by atoms with Gasteiger partial charge in [0.1, 0.15) is 0 Å². The highest BCUT2D eigenvalue weighted by atomic mass is 16.3. The third-order valence-corrected chi connectivity index (χ3v) is 3.64. The molecule has 112 valence electrons. The Labute approximate surface area is 118 Å². The average Bonchev–Trinajstić information content (AvgIpc) is 2.73. The van der Waals surface area contributed by atoms with Gasteiger partial charge >= 0.3 is 0 Å². The monoisotopic (exact) mass is 281 g/mol. The van der Waals surface area contributed by atoms with E-state index >= 15 is 0 Å². The van der Waals surface area contributed by atoms with E-state index in [1.807, 2.05) is 13.8 Å². The molecular weight excluding hydrogens is 258 g/mol. The molecule has 1 fully saturated rings. The molecule has 7 nitrogen and oxygen atoms in total. The highest BCUT2D eigenvalue weighted by Gasteiger charge is 2.19. The van der Waals surface area contributed by atoms with Crippen molar-refractivity contribution in [2.24, 2.45) is 0 Å². The van der Waals surface area contributed by atoms with Gasteiger partial charge in [0.05, 0.1) is 30.2 Å². The van der Waals surface area contributed by atoms with Gasteiger partial charge in [-0.15, -0.1) is 0 Å². The van der Waals surface area contributed by atoms with Crippen molar-refractivity contribution in [3.05, 3.63) is 11.4 Å². The van der Waals surface area contributed by atoms with Crippen LogP contribution in [0.15, 0.2) is 0 Å². The average molecular weight is 281 g/mol. The van der Waals surface area contributed by atoms with Gasteiger partial charge in [-0.25, -0.2) is 0 Å². The van der Waals surface area contributed by atoms with Gasteiger partial charge in [-0.3, -0.25) is 19.7 Å². The van der Waals surface area contributed by atoms with Gasteiger partial charge < -0.3 is 10.4 Å². The molecule has 0 aromatic carbocycles. The zero-order valence-electron chi connectivity index (χ0n) is 12.1. The first-order chi connectivity index (χ1) is 9.60. The number of aliphatic hydroxyl groups excluding tert-OH is 1. The third kappa shape index (κ3) is 3.78. The lowest BCUT2D eigenvalue weighted by atomic mass is 10.3. The van der Waals surface area contributed by atoms with Crippen LogP contribution in [-0.2, 0) is 4.79 Å². The van der Waals surface area contributed by atoms with Crippen LogP contribution in [-0.4, -0.2) is 76.9 Å². The highest BCUT2D eigenvalue weighted by molar-refractivity contribution is 5.93. The number of nitrogens with zero attached hydrogens (tertiary/aromatic N) is 3. The summed E-state index contributed by atoms with van der Waals surface area (Å²) in [6, 6.07) is 0. The lowest BCUT2D eigenvalue weighted by molar-refractivity contribution is -0.117. The molecule has 2 rings (SSSR count). The number of hydrogen-bond donors (Lipinski definition) is 3. The van der Waals surface area contributed by atoms with Crippen molar-refractivity contribution < 1.29 is 9.90 Å². The normalized spacial score (nSPS) is 17.4. The maximum Gasteiger partial charge on any atom is 0.238 e. The maximum absolute atomic E-state index is 12.0. The Morgan fingerprint density at radius 1 is 1.30 bits per heavy atom. The van der Waals surface area contributed by atoms with Crippen molar-refractivity contribution in [3.8, 4) is 0 Å². The van der Waals surface area contributed by atoms with Crippen LogP contribution < -0.4 is 5.32 Å². The number of aryl methyl sites for hydroxylation is 2. The Hall–Kier alpha value is -1.44. The van der Waals surface area contributed by atoms with E-state index in [-0.39, 0.29) is 12.5 Å². The number of rotatable bonds is 5. The zero-order valence-corrected chi connectivity index (χ0v) is 12.1. The van der Waals surface area contributed by atoms with E-state index in [4.69, 9.17) is 5.11 Å². The molecule has 2 heterocycles. The van der Waals surface area contributed by atoms with Crippen LogP contribution in [0.25, 0.3) is 0 Å². The minimum atomic E-state index is -0.00629. The molecule has 20 heavy (non-hydrogen) atoms. The smallest absolute Gasteiger partial charge is 0.238 e. The van der Waals surface area contributed by atoms with Crippen molar-refractivity contribution in [1.82, 2.24) is 20.0 Å². The largest absolute Gasteiger partial charge is 0.395 e. The number of aliphatic hydroxyl groups is 1. The minimum absolute atomic E-state index is 0.00629. The molecule has 0 radical (unpaired) electrons. The van der Waals surface area contributed by atoms with E-state index in [2.05, 4.69) is 25.3 Å². The Morgan fingerprint density at radius 2 is 1.95 bits per heavy atom. The fourth-order valence-corrected chi connectivity index (χ4v) is 2.43. The predicted octanol–water partition coefficient (Wildman–Crippen LogP) is -0.425. The van der Waals surface area contributed by atoms with Gasteiger partial charge in [0.15, 0.2) is 0 Å². The second-order valence-electron chi connectivity index (χ2n) is 5.20. The van der Waals surface area contributed by atoms with Gasteiger partial charge in [-0.1, -0.05) is 0 Å². The molecule has 7 heteroatoms. The molecule has 1 amide bonds. The van der Waals surface area contributed by atoms with Gasteiger partial charge in [0, 0.05) is 32.7 Å². The van der Waals surface area contributed by atoms with Crippen LogP contribution in [0.4, 0.5) is 5.69 Å². The number of aromatic nitrogens is 2. The van der Waals surface area contributed by atoms with Crippen molar-refractivity contribution in [2.45, 2.75) is 13.8 Å². The summed E-state index contributed by atoms with van der Waals surface area (Å²) in [5, 5.41) is 18.7. The van der Waals surface area contributed by atoms with E-state index in [0.29, 0.717) is 13.1 Å². The number of nitrogens with one attached hydrogen (secondary N) is 2. The lowest BCUT2D eigenvalue weighted by Crippen LogP contribution is -2.49. The first kappa shape index (κ1) is 15.0. The van der Waals surface area contributed by atoms with E-state index < -0.39 is 0 Å². The quantitative estimate of drug-likeness (QED) is 0.682. The Kier molecular flexibility index (Phi) is 5.11. The number of H-pyrrole nitrogens is 1. The number of carbonyl (C=O) groups is 1. The van der Waals surface area contributed by atoms with E-state index in [0.717, 1.165) is 43.3 Å². The van der Waals surface area contributed by atoms with Crippen LogP contribution in [0.5, 0.6) is 0 Å². The van der Waals surface area contributed by atoms with Crippen LogP contribution in [0.2, 0.25) is 0 Å². The standard InChI is InChI=1S/C13H23N5O2/c1-10-13(11(2)16-15-10)14-12(20)9-18-5-3-17(4-6-18)7-8-19/h19H,3-9H2,1-2H3,(H,14,20)(H,15,16). The molecule has 1 aromatic heterocycles. The molecule has 1 aliphatic heterocycles. The number of carbonyl (C=O) groups excluding carboxylic acids is 1. The fourth-order valence-electron chi connectivity index (χ4n) is 2.43. The summed E-state index contributed by atoms with van der Waals surface area (Å²) in [5.74, 6) is -0.00629. The highest BCUT2D eigenvalue weighted by Crippen LogP contribution is 2.15. The van der Waals surface area contributed by atoms with Crippen LogP contribution in [0.3, 0.4) is 0 Å². The van der Waals surface area contributed by atoms with Crippen molar-refractivity contribution in [1.29, 1.82) is 0 Å². The van der Waals surface area contributed by atoms with E-state index in [9.17, 15) is 4.79 Å². The molecule has 1 saturated heterocycles. The molecule has 0 aliphatic carbocycles. The van der Waals surface area contributed by atoms with Crippen molar-refractivity contribution >= 4 is 11.6 Å². The summed E-state index contributed by atoms with van der Waals surface area (Å²) in [4.78, 5) is 16.4. The molecule has 0 bridgehead atoms. The number of piperazine rings is 1. The summed E-state index contributed by atoms with van der Waals surface area (Å²) in [6.45, 7) is 8.59. The summed E-state index contributed by atoms with van der Waals surface area (Å²) >= 11 is 0. The Morgan fingerprint density at radius 3 is 2.50 bits per heavy atom. The van der Waals surface area contributed by atoms with E-state index in [1.165, 1.54) is 0 Å². The SMILES string of the molecule is Cc1n[nH]c(C)c1NC(=O)CN1CCN(CCO)CC1. The third-order valence-electron chi connectivity index (χ3n) is 3.64. The fraction of sp³-hybridized carbons (Fsp3) is 0.692. The molecular formula is C13H23N5O2. The van der Waals surface area contributed by atoms with Crippen molar-refractivity contribution in [3.63, 3.8) is 0 Å². The van der Waals surface area contributed by atoms with Gasteiger partial charge in [0.2, 0.25) is 5.91 Å². The second kappa shape index (κ2) is 6.83. The number of aromatic amines is 1.